The van der Waals surface area contributed by atoms with Gasteiger partial charge in [0.25, 0.3) is 0 Å². The Morgan fingerprint density at radius 2 is 1.04 bits per heavy atom. The number of aliphatic carboxylic acids is 1. The predicted molar refractivity (Wildman–Crippen MR) is 105 cm³/mol. The molecule has 5 heteroatoms. The molecule has 152 valence electrons. The monoisotopic (exact) mass is 406 g/mol. The number of carbonyl (C=O) groups is 2. The molecule has 0 atom stereocenters. The van der Waals surface area contributed by atoms with Crippen molar-refractivity contribution in [3.05, 3.63) is 12.2 Å². The van der Waals surface area contributed by atoms with Crippen LogP contribution in [0.1, 0.15) is 110 Å². The second kappa shape index (κ2) is 24.4. The smallest absolute Gasteiger partial charge is 0.545 e. The van der Waals surface area contributed by atoms with Crippen molar-refractivity contribution >= 4 is 11.9 Å². The van der Waals surface area contributed by atoms with E-state index < -0.39 is 11.9 Å². The van der Waals surface area contributed by atoms with Crippen LogP contribution in [-0.2, 0) is 14.3 Å². The molecule has 0 N–H and O–H groups in total. The molecule has 0 radical (unpaired) electrons. The summed E-state index contributed by atoms with van der Waals surface area (Å²) < 4.78 is 4.89. The summed E-state index contributed by atoms with van der Waals surface area (Å²) in [5.74, 6) is -2.00. The van der Waals surface area contributed by atoms with Crippen molar-refractivity contribution in [2.45, 2.75) is 110 Å². The fourth-order valence-electron chi connectivity index (χ4n) is 3.01. The molecule has 0 amide bonds. The van der Waals surface area contributed by atoms with Gasteiger partial charge in [0.15, 0.2) is 0 Å². The summed E-state index contributed by atoms with van der Waals surface area (Å²) in [5, 5.41) is 10.1. The van der Waals surface area contributed by atoms with E-state index in [1.54, 1.807) is 0 Å². The van der Waals surface area contributed by atoms with E-state index in [0.29, 0.717) is 12.7 Å². The Morgan fingerprint density at radius 1 is 0.667 bits per heavy atom. The van der Waals surface area contributed by atoms with Crippen LogP contribution in [0.5, 0.6) is 0 Å². The summed E-state index contributed by atoms with van der Waals surface area (Å²) in [6.45, 7) is 2.62. The molecule has 0 unspecified atom stereocenters. The summed E-state index contributed by atoms with van der Waals surface area (Å²) in [6.07, 6.45) is 22.4. The van der Waals surface area contributed by atoms with E-state index in [0.717, 1.165) is 18.9 Å². The van der Waals surface area contributed by atoms with Gasteiger partial charge in [0.2, 0.25) is 0 Å². The molecule has 0 saturated heterocycles. The number of hydrogen-bond acceptors (Lipinski definition) is 4. The average molecular weight is 407 g/mol. The molecule has 0 heterocycles. The van der Waals surface area contributed by atoms with Crippen molar-refractivity contribution in [1.82, 2.24) is 0 Å². The fourth-order valence-corrected chi connectivity index (χ4v) is 3.01. The van der Waals surface area contributed by atoms with Crippen molar-refractivity contribution in [3.8, 4) is 0 Å². The third kappa shape index (κ3) is 26.3. The van der Waals surface area contributed by atoms with Crippen LogP contribution in [0.25, 0.3) is 0 Å². The van der Waals surface area contributed by atoms with Crippen LogP contribution in [-0.4, -0.2) is 18.5 Å². The van der Waals surface area contributed by atoms with Crippen LogP contribution in [0.3, 0.4) is 0 Å². The van der Waals surface area contributed by atoms with E-state index in [-0.39, 0.29) is 51.4 Å². The van der Waals surface area contributed by atoms with Crippen LogP contribution >= 0.6 is 0 Å². The van der Waals surface area contributed by atoms with Crippen LogP contribution in [0.2, 0.25) is 0 Å². The molecule has 0 aliphatic carbocycles. The zero-order chi connectivity index (χ0) is 19.3. The molecule has 0 aromatic rings. The number of unbranched alkanes of at least 4 members (excludes halogenated alkanes) is 15. The van der Waals surface area contributed by atoms with Gasteiger partial charge in [0.05, 0.1) is 12.6 Å². The van der Waals surface area contributed by atoms with Gasteiger partial charge in [-0.15, -0.1) is 0 Å². The second-order valence-electron chi connectivity index (χ2n) is 7.12. The normalized spacial score (nSPS) is 10.7. The zero-order valence-electron chi connectivity index (χ0n) is 17.8. The van der Waals surface area contributed by atoms with Crippen LogP contribution in [0, 0.1) is 0 Å². The topological polar surface area (TPSA) is 66.4 Å². The summed E-state index contributed by atoms with van der Waals surface area (Å²) in [6, 6.07) is 0. The van der Waals surface area contributed by atoms with Gasteiger partial charge in [-0.05, 0) is 12.5 Å². The summed E-state index contributed by atoms with van der Waals surface area (Å²) in [4.78, 5) is 21.2. The van der Waals surface area contributed by atoms with Crippen molar-refractivity contribution in [3.63, 3.8) is 0 Å². The number of ether oxygens (including phenoxy) is 1. The fraction of sp³-hybridized carbons (Fsp3) is 0.818. The Kier molecular flexibility index (Phi) is 26.6. The maximum Gasteiger partial charge on any atom is 1.00 e. The molecule has 0 saturated carbocycles. The van der Waals surface area contributed by atoms with E-state index in [4.69, 9.17) is 4.74 Å². The number of carboxylic acid groups (broad SMARTS) is 1. The first kappa shape index (κ1) is 29.5. The molecule has 4 nitrogen and oxygen atoms in total. The van der Waals surface area contributed by atoms with E-state index in [2.05, 4.69) is 6.92 Å². The van der Waals surface area contributed by atoms with Crippen molar-refractivity contribution in [2.75, 3.05) is 6.61 Å². The minimum atomic E-state index is -1.38. The maximum atomic E-state index is 11.1. The van der Waals surface area contributed by atoms with Gasteiger partial charge in [-0.3, -0.25) is 0 Å². The number of hydrogen-bond donors (Lipinski definition) is 0. The number of carboxylic acids is 1. The summed E-state index contributed by atoms with van der Waals surface area (Å²) in [7, 11) is 0. The number of carbonyl (C=O) groups excluding carboxylic acids is 2. The Morgan fingerprint density at radius 3 is 1.41 bits per heavy atom. The summed E-state index contributed by atoms with van der Waals surface area (Å²) in [5.41, 5.74) is 0. The van der Waals surface area contributed by atoms with Gasteiger partial charge in [-0.25, -0.2) is 4.79 Å². The quantitative estimate of drug-likeness (QED) is 0.143. The Balaban J connectivity index is 0. The maximum absolute atomic E-state index is 11.1. The molecule has 0 aromatic carbocycles. The Labute approximate surface area is 209 Å². The largest absolute Gasteiger partial charge is 1.00 e. The van der Waals surface area contributed by atoms with E-state index in [1.807, 2.05) is 0 Å². The van der Waals surface area contributed by atoms with Gasteiger partial charge in [0, 0.05) is 6.08 Å². The van der Waals surface area contributed by atoms with E-state index in [1.165, 1.54) is 89.9 Å². The van der Waals surface area contributed by atoms with Crippen molar-refractivity contribution < 1.29 is 70.8 Å². The third-order valence-electron chi connectivity index (χ3n) is 4.60. The van der Waals surface area contributed by atoms with E-state index >= 15 is 0 Å². The first-order chi connectivity index (χ1) is 12.7. The standard InChI is InChI=1S/C22H40O4.K/c1-2-3-4-5-6-7-8-9-10-11-12-13-14-15-16-17-20-26-22(25)19-18-21(23)24;/h18-19H,2-17,20H2,1H3,(H,23,24);/q;+1/p-1/b19-18-;. The average Bonchev–Trinajstić information content (AvgIpc) is 2.62. The van der Waals surface area contributed by atoms with Crippen LogP contribution in [0.4, 0.5) is 0 Å². The first-order valence-electron chi connectivity index (χ1n) is 10.7. The minimum Gasteiger partial charge on any atom is -0.545 e. The van der Waals surface area contributed by atoms with Gasteiger partial charge in [-0.2, -0.15) is 0 Å². The van der Waals surface area contributed by atoms with Gasteiger partial charge in [-0.1, -0.05) is 103 Å². The summed E-state index contributed by atoms with van der Waals surface area (Å²) >= 11 is 0. The molecule has 0 aliphatic rings. The van der Waals surface area contributed by atoms with Crippen molar-refractivity contribution in [1.29, 1.82) is 0 Å². The first-order valence-corrected chi connectivity index (χ1v) is 10.7. The molecule has 0 aliphatic heterocycles. The minimum absolute atomic E-state index is 0. The van der Waals surface area contributed by atoms with Crippen molar-refractivity contribution in [2.24, 2.45) is 0 Å². The van der Waals surface area contributed by atoms with Crippen LogP contribution < -0.4 is 56.5 Å². The molecular formula is C22H39KO4. The predicted octanol–water partition coefficient (Wildman–Crippen LogP) is 2.10. The van der Waals surface area contributed by atoms with Crippen LogP contribution in [0.15, 0.2) is 12.2 Å². The SMILES string of the molecule is CCCCCCCCCCCCCCCCCCOC(=O)/C=C\C(=O)[O-].[K+]. The van der Waals surface area contributed by atoms with Gasteiger partial charge < -0.3 is 14.6 Å². The molecule has 0 fully saturated rings. The molecule has 0 bridgehead atoms. The van der Waals surface area contributed by atoms with Gasteiger partial charge >= 0.3 is 57.4 Å². The Bertz CT molecular complexity index is 369. The molecule has 0 aromatic heterocycles. The molecule has 0 spiro atoms. The number of esters is 1. The second-order valence-corrected chi connectivity index (χ2v) is 7.12. The van der Waals surface area contributed by atoms with Gasteiger partial charge in [0.1, 0.15) is 0 Å². The zero-order valence-corrected chi connectivity index (χ0v) is 20.9. The Hall–Kier alpha value is 0.316. The van der Waals surface area contributed by atoms with E-state index in [9.17, 15) is 14.7 Å². The molecule has 0 rings (SSSR count). The third-order valence-corrected chi connectivity index (χ3v) is 4.60. The molecule has 27 heavy (non-hydrogen) atoms. The number of rotatable bonds is 19. The molecular weight excluding hydrogens is 367 g/mol.